The fourth-order valence-corrected chi connectivity index (χ4v) is 6.33. The van der Waals surface area contributed by atoms with Gasteiger partial charge in [-0.15, -0.1) is 0 Å². The van der Waals surface area contributed by atoms with Crippen molar-refractivity contribution in [1.29, 1.82) is 0 Å². The van der Waals surface area contributed by atoms with Crippen LogP contribution < -0.4 is 5.32 Å². The number of para-hydroxylation sites is 1. The van der Waals surface area contributed by atoms with Crippen molar-refractivity contribution in [2.75, 3.05) is 5.32 Å². The molecule has 0 saturated carbocycles. The zero-order valence-corrected chi connectivity index (χ0v) is 22.9. The fraction of sp³-hybridized carbons (Fsp3) is 0. The molecule has 3 heteroatoms. The Morgan fingerprint density at radius 2 is 1.24 bits per heavy atom. The van der Waals surface area contributed by atoms with Crippen LogP contribution in [0, 0.1) is 0 Å². The molecular weight excluding hydrogens is 520 g/mol. The summed E-state index contributed by atoms with van der Waals surface area (Å²) in [7, 11) is 0. The lowest BCUT2D eigenvalue weighted by Gasteiger charge is -2.13. The minimum atomic E-state index is 0.696. The van der Waals surface area contributed by atoms with Gasteiger partial charge in [0.2, 0.25) is 0 Å². The molecule has 0 bridgehead atoms. The summed E-state index contributed by atoms with van der Waals surface area (Å²) >= 11 is 6.50. The van der Waals surface area contributed by atoms with Crippen LogP contribution >= 0.6 is 11.6 Å². The van der Waals surface area contributed by atoms with Crippen molar-refractivity contribution in [1.82, 2.24) is 4.57 Å². The van der Waals surface area contributed by atoms with Gasteiger partial charge in [-0.3, -0.25) is 0 Å². The number of nitrogens with zero attached hydrogens (tertiary/aromatic N) is 1. The molecular formula is C38H25ClN2. The number of aromatic nitrogens is 1. The van der Waals surface area contributed by atoms with E-state index < -0.39 is 0 Å². The summed E-state index contributed by atoms with van der Waals surface area (Å²) in [5, 5.41) is 11.7. The third-order valence-electron chi connectivity index (χ3n) is 8.01. The summed E-state index contributed by atoms with van der Waals surface area (Å²) < 4.78 is 2.39. The van der Waals surface area contributed by atoms with Crippen molar-refractivity contribution < 1.29 is 0 Å². The van der Waals surface area contributed by atoms with Gasteiger partial charge in [-0.25, -0.2) is 0 Å². The number of anilines is 2. The zero-order chi connectivity index (χ0) is 27.3. The van der Waals surface area contributed by atoms with E-state index in [1.54, 1.807) is 0 Å². The van der Waals surface area contributed by atoms with Crippen molar-refractivity contribution in [3.05, 3.63) is 151 Å². The van der Waals surface area contributed by atoms with Crippen LogP contribution in [0.3, 0.4) is 0 Å². The molecule has 8 rings (SSSR count). The Kier molecular flexibility index (Phi) is 5.54. The predicted molar refractivity (Wildman–Crippen MR) is 176 cm³/mol. The predicted octanol–water partition coefficient (Wildman–Crippen LogP) is 11.2. The lowest BCUT2D eigenvalue weighted by molar-refractivity contribution is 1.18. The smallest absolute Gasteiger partial charge is 0.0640 e. The molecule has 0 radical (unpaired) electrons. The van der Waals surface area contributed by atoms with Crippen LogP contribution in [-0.4, -0.2) is 4.57 Å². The summed E-state index contributed by atoms with van der Waals surface area (Å²) in [5.41, 5.74) is 7.76. The molecule has 1 aromatic heterocycles. The second kappa shape index (κ2) is 9.55. The molecule has 8 aromatic rings. The van der Waals surface area contributed by atoms with Crippen molar-refractivity contribution in [3.63, 3.8) is 0 Å². The highest BCUT2D eigenvalue weighted by Gasteiger charge is 2.16. The molecule has 0 fully saturated rings. The third-order valence-corrected chi connectivity index (χ3v) is 8.34. The first-order valence-corrected chi connectivity index (χ1v) is 14.2. The van der Waals surface area contributed by atoms with Gasteiger partial charge in [0.25, 0.3) is 0 Å². The maximum atomic E-state index is 6.50. The van der Waals surface area contributed by atoms with E-state index in [2.05, 4.69) is 131 Å². The van der Waals surface area contributed by atoms with Gasteiger partial charge in [0.05, 0.1) is 21.7 Å². The summed E-state index contributed by atoms with van der Waals surface area (Å²) in [6, 6.07) is 51.6. The van der Waals surface area contributed by atoms with Gasteiger partial charge in [0.15, 0.2) is 0 Å². The molecule has 7 aromatic carbocycles. The largest absolute Gasteiger partial charge is 0.354 e. The quantitative estimate of drug-likeness (QED) is 0.233. The molecule has 0 atom stereocenters. The number of rotatable bonds is 4. The Hall–Kier alpha value is -5.05. The third kappa shape index (κ3) is 3.96. The van der Waals surface area contributed by atoms with E-state index in [9.17, 15) is 0 Å². The molecule has 0 aliphatic heterocycles. The Morgan fingerprint density at radius 3 is 2.12 bits per heavy atom. The van der Waals surface area contributed by atoms with Gasteiger partial charge in [-0.2, -0.15) is 0 Å². The second-order valence-electron chi connectivity index (χ2n) is 10.4. The molecule has 0 saturated heterocycles. The summed E-state index contributed by atoms with van der Waals surface area (Å²) in [6.45, 7) is 0. The maximum absolute atomic E-state index is 6.50. The lowest BCUT2D eigenvalue weighted by atomic mass is 9.98. The average molecular weight is 545 g/mol. The Labute approximate surface area is 243 Å². The monoisotopic (exact) mass is 544 g/mol. The highest BCUT2D eigenvalue weighted by Crippen LogP contribution is 2.39. The number of nitrogens with one attached hydrogen (secondary N) is 1. The van der Waals surface area contributed by atoms with Crippen molar-refractivity contribution in [2.24, 2.45) is 0 Å². The molecule has 0 aliphatic carbocycles. The van der Waals surface area contributed by atoms with E-state index >= 15 is 0 Å². The molecule has 0 unspecified atom stereocenters. The highest BCUT2D eigenvalue weighted by atomic mass is 35.5. The van der Waals surface area contributed by atoms with Gasteiger partial charge in [-0.1, -0.05) is 115 Å². The second-order valence-corrected chi connectivity index (χ2v) is 10.8. The van der Waals surface area contributed by atoms with Gasteiger partial charge < -0.3 is 9.88 Å². The Bertz CT molecular complexity index is 2250. The zero-order valence-electron chi connectivity index (χ0n) is 22.2. The topological polar surface area (TPSA) is 17.0 Å². The van der Waals surface area contributed by atoms with E-state index in [0.717, 1.165) is 22.6 Å². The number of hydrogen-bond acceptors (Lipinski definition) is 1. The van der Waals surface area contributed by atoms with Gasteiger partial charge >= 0.3 is 0 Å². The lowest BCUT2D eigenvalue weighted by Crippen LogP contribution is -1.96. The van der Waals surface area contributed by atoms with E-state index in [4.69, 9.17) is 11.6 Å². The van der Waals surface area contributed by atoms with E-state index in [0.29, 0.717) is 5.02 Å². The van der Waals surface area contributed by atoms with Crippen LogP contribution in [0.1, 0.15) is 0 Å². The van der Waals surface area contributed by atoms with E-state index in [1.807, 2.05) is 24.3 Å². The van der Waals surface area contributed by atoms with E-state index in [-0.39, 0.29) is 0 Å². The number of fused-ring (bicyclic) bond motifs is 6. The molecule has 1 N–H and O–H groups in total. The summed E-state index contributed by atoms with van der Waals surface area (Å²) in [6.07, 6.45) is 0. The van der Waals surface area contributed by atoms with Crippen LogP contribution in [0.4, 0.5) is 11.4 Å². The normalized spacial score (nSPS) is 11.5. The molecule has 0 amide bonds. The minimum absolute atomic E-state index is 0.696. The molecule has 2 nitrogen and oxygen atoms in total. The van der Waals surface area contributed by atoms with Crippen LogP contribution in [0.5, 0.6) is 0 Å². The Morgan fingerprint density at radius 1 is 0.512 bits per heavy atom. The highest BCUT2D eigenvalue weighted by molar-refractivity contribution is 6.33. The number of hydrogen-bond donors (Lipinski definition) is 1. The molecule has 194 valence electrons. The summed E-state index contributed by atoms with van der Waals surface area (Å²) in [5.74, 6) is 0. The van der Waals surface area contributed by atoms with Gasteiger partial charge in [0.1, 0.15) is 0 Å². The van der Waals surface area contributed by atoms with E-state index in [1.165, 1.54) is 49.0 Å². The summed E-state index contributed by atoms with van der Waals surface area (Å²) in [4.78, 5) is 0. The average Bonchev–Trinajstić information content (AvgIpc) is 3.36. The number of halogens is 1. The molecule has 1 heterocycles. The van der Waals surface area contributed by atoms with Crippen molar-refractivity contribution in [3.8, 4) is 16.8 Å². The first-order chi connectivity index (χ1) is 20.2. The van der Waals surface area contributed by atoms with Crippen LogP contribution in [0.15, 0.2) is 146 Å². The van der Waals surface area contributed by atoms with Crippen molar-refractivity contribution >= 4 is 66.3 Å². The molecule has 0 spiro atoms. The van der Waals surface area contributed by atoms with Gasteiger partial charge in [-0.05, 0) is 75.1 Å². The van der Waals surface area contributed by atoms with Crippen molar-refractivity contribution in [2.45, 2.75) is 0 Å². The fourth-order valence-electron chi connectivity index (χ4n) is 6.15. The van der Waals surface area contributed by atoms with Crippen LogP contribution in [0.2, 0.25) is 5.02 Å². The first kappa shape index (κ1) is 23.8. The number of benzene rings is 7. The SMILES string of the molecule is Clc1ccccc1Nc1ccc2c3c4ccccc4ccc3n(-c3cccc(-c4cccc5ccccc45)c3)c2c1. The molecule has 41 heavy (non-hydrogen) atoms. The molecule has 0 aliphatic rings. The van der Waals surface area contributed by atoms with Crippen LogP contribution in [-0.2, 0) is 0 Å². The van der Waals surface area contributed by atoms with Crippen LogP contribution in [0.25, 0.3) is 60.2 Å². The Balaban J connectivity index is 1.39. The maximum Gasteiger partial charge on any atom is 0.0640 e. The minimum Gasteiger partial charge on any atom is -0.354 e. The first-order valence-electron chi connectivity index (χ1n) is 13.8. The van der Waals surface area contributed by atoms with Gasteiger partial charge in [0, 0.05) is 22.1 Å². The standard InChI is InChI=1S/C38H25ClN2/c39-34-17-5-6-18-35(34)40-28-20-21-33-37(24-28)41(36-22-19-26-10-2-4-15-32(26)38(33)36)29-13-7-12-27(23-29)31-16-8-11-25-9-1-3-14-30(25)31/h1-24,40H.